The number of carbonyl (C=O) groups excluding carboxylic acids is 1. The molecular formula is C16H15F3N3OS+. The molecule has 0 spiro atoms. The lowest BCUT2D eigenvalue weighted by molar-refractivity contribution is -0.631. The number of amides is 1. The van der Waals surface area contributed by atoms with Crippen LogP contribution in [0.2, 0.25) is 0 Å². The number of rotatable bonds is 2. The van der Waals surface area contributed by atoms with E-state index in [0.29, 0.717) is 16.8 Å². The van der Waals surface area contributed by atoms with Crippen LogP contribution in [0.25, 0.3) is 0 Å². The molecule has 0 aromatic heterocycles. The number of para-hydroxylation sites is 1. The Labute approximate surface area is 140 Å². The molecule has 2 aliphatic heterocycles. The first-order valence-corrected chi connectivity index (χ1v) is 8.16. The number of fused-ring (bicyclic) bond motifs is 1. The van der Waals surface area contributed by atoms with Crippen molar-refractivity contribution in [3.05, 3.63) is 53.3 Å². The van der Waals surface area contributed by atoms with Crippen LogP contribution in [0.3, 0.4) is 0 Å². The Kier molecular flexibility index (Phi) is 4.27. The summed E-state index contributed by atoms with van der Waals surface area (Å²) in [4.78, 5) is 12.4. The van der Waals surface area contributed by atoms with Gasteiger partial charge in [0.15, 0.2) is 5.37 Å². The zero-order chi connectivity index (χ0) is 17.5. The van der Waals surface area contributed by atoms with Gasteiger partial charge in [-0.15, -0.1) is 0 Å². The number of hydrogen-bond acceptors (Lipinski definition) is 3. The summed E-state index contributed by atoms with van der Waals surface area (Å²) in [5.41, 5.74) is 0.834. The summed E-state index contributed by atoms with van der Waals surface area (Å²) in [6, 6.07) is 8.78. The number of allylic oxidation sites excluding steroid dienone is 3. The molecule has 0 unspecified atom stereocenters. The molecule has 1 fully saturated rings. The Morgan fingerprint density at radius 2 is 1.96 bits per heavy atom. The van der Waals surface area contributed by atoms with E-state index in [-0.39, 0.29) is 5.71 Å². The van der Waals surface area contributed by atoms with E-state index >= 15 is 0 Å². The van der Waals surface area contributed by atoms with Crippen LogP contribution in [0.4, 0.5) is 18.9 Å². The number of anilines is 1. The van der Waals surface area contributed by atoms with E-state index in [2.05, 4.69) is 5.32 Å². The molecule has 0 radical (unpaired) electrons. The van der Waals surface area contributed by atoms with Gasteiger partial charge in [0.2, 0.25) is 11.6 Å². The predicted molar refractivity (Wildman–Crippen MR) is 86.7 cm³/mol. The molecule has 1 saturated heterocycles. The van der Waals surface area contributed by atoms with E-state index in [1.54, 1.807) is 31.2 Å². The molecule has 1 aromatic carbocycles. The number of alkyl halides is 3. The van der Waals surface area contributed by atoms with Crippen molar-refractivity contribution in [3.8, 4) is 0 Å². The second-order valence-corrected chi connectivity index (χ2v) is 6.82. The highest BCUT2D eigenvalue weighted by Crippen LogP contribution is 2.38. The summed E-state index contributed by atoms with van der Waals surface area (Å²) in [5, 5.41) is 10.6. The first-order chi connectivity index (χ1) is 11.3. The number of nitrogens with one attached hydrogen (secondary N) is 2. The molecule has 0 bridgehead atoms. The van der Waals surface area contributed by atoms with Crippen molar-refractivity contribution in [3.63, 3.8) is 0 Å². The summed E-state index contributed by atoms with van der Waals surface area (Å²) >= 11 is 1.06. The number of nitrogens with two attached hydrogens (primary N) is 1. The fraction of sp³-hybridized carbons (Fsp3) is 0.250. The minimum Gasteiger partial charge on any atom is -0.325 e. The van der Waals surface area contributed by atoms with E-state index < -0.39 is 28.4 Å². The highest BCUT2D eigenvalue weighted by Gasteiger charge is 2.49. The lowest BCUT2D eigenvalue weighted by Crippen LogP contribution is -2.90. The second-order valence-electron chi connectivity index (χ2n) is 5.57. The van der Waals surface area contributed by atoms with Gasteiger partial charge >= 0.3 is 6.18 Å². The third-order valence-electron chi connectivity index (χ3n) is 3.85. The van der Waals surface area contributed by atoms with E-state index in [4.69, 9.17) is 5.41 Å². The number of halogens is 3. The molecular weight excluding hydrogens is 339 g/mol. The average molecular weight is 354 g/mol. The van der Waals surface area contributed by atoms with Gasteiger partial charge in [-0.1, -0.05) is 30.0 Å². The molecule has 0 aliphatic carbocycles. The Hall–Kier alpha value is -2.06. The second kappa shape index (κ2) is 6.10. The molecule has 0 saturated carbocycles. The SMILES string of the molecule is CC1=C2C(=N)[C@H](C(=O)Nc3ccccc3)S[C@H]2[NH2+]C(C(F)(F)F)=C1. The zero-order valence-electron chi connectivity index (χ0n) is 12.6. The quantitative estimate of drug-likeness (QED) is 0.763. The van der Waals surface area contributed by atoms with Gasteiger partial charge in [0.05, 0.1) is 5.71 Å². The lowest BCUT2D eigenvalue weighted by atomic mass is 9.98. The third kappa shape index (κ3) is 3.11. The number of quaternary nitrogens is 1. The number of hydrogen-bond donors (Lipinski definition) is 3. The van der Waals surface area contributed by atoms with E-state index in [1.807, 2.05) is 6.07 Å². The minimum atomic E-state index is -4.43. The molecule has 4 nitrogen and oxygen atoms in total. The largest absolute Gasteiger partial charge is 0.466 e. The van der Waals surface area contributed by atoms with Crippen LogP contribution >= 0.6 is 11.8 Å². The molecule has 3 rings (SSSR count). The highest BCUT2D eigenvalue weighted by molar-refractivity contribution is 8.02. The van der Waals surface area contributed by atoms with Crippen LogP contribution < -0.4 is 10.6 Å². The standard InChI is InChI=1S/C16H14F3N3OS/c1-8-7-10(16(17,18)19)22-15-11(8)12(20)13(24-15)14(23)21-9-5-3-2-4-6-9/h2-7,13,15,20,22H,1H3,(H,21,23)/p+1/t13-,15-/m1/s1. The van der Waals surface area contributed by atoms with Crippen molar-refractivity contribution >= 4 is 29.1 Å². The number of carbonyl (C=O) groups is 1. The fourth-order valence-electron chi connectivity index (χ4n) is 2.76. The smallest absolute Gasteiger partial charge is 0.325 e. The highest BCUT2D eigenvalue weighted by atomic mass is 32.2. The predicted octanol–water partition coefficient (Wildman–Crippen LogP) is 2.43. The normalized spacial score (nSPS) is 23.8. The average Bonchev–Trinajstić information content (AvgIpc) is 2.85. The maximum atomic E-state index is 12.9. The maximum Gasteiger partial charge on any atom is 0.466 e. The Morgan fingerprint density at radius 3 is 2.58 bits per heavy atom. The maximum absolute atomic E-state index is 12.9. The molecule has 1 aromatic rings. The van der Waals surface area contributed by atoms with Crippen molar-refractivity contribution in [2.75, 3.05) is 5.32 Å². The summed E-state index contributed by atoms with van der Waals surface area (Å²) in [6.07, 6.45) is -3.39. The first kappa shape index (κ1) is 16.8. The molecule has 2 atom stereocenters. The molecule has 8 heteroatoms. The monoisotopic (exact) mass is 354 g/mol. The van der Waals surface area contributed by atoms with Gasteiger partial charge in [0, 0.05) is 17.3 Å². The van der Waals surface area contributed by atoms with E-state index in [0.717, 1.165) is 23.2 Å². The van der Waals surface area contributed by atoms with Gasteiger partial charge in [0.1, 0.15) is 5.25 Å². The van der Waals surface area contributed by atoms with Crippen LogP contribution in [0, 0.1) is 5.41 Å². The molecule has 24 heavy (non-hydrogen) atoms. The van der Waals surface area contributed by atoms with Crippen LogP contribution in [-0.4, -0.2) is 28.4 Å². The summed E-state index contributed by atoms with van der Waals surface area (Å²) in [7, 11) is 0. The first-order valence-electron chi connectivity index (χ1n) is 7.22. The molecule has 1 amide bonds. The zero-order valence-corrected chi connectivity index (χ0v) is 13.5. The van der Waals surface area contributed by atoms with Crippen molar-refractivity contribution in [2.45, 2.75) is 23.7 Å². The summed E-state index contributed by atoms with van der Waals surface area (Å²) in [6.45, 7) is 1.55. The number of benzene rings is 1. The van der Waals surface area contributed by atoms with Crippen molar-refractivity contribution in [1.29, 1.82) is 5.41 Å². The Balaban J connectivity index is 1.80. The molecule has 2 heterocycles. The van der Waals surface area contributed by atoms with Crippen molar-refractivity contribution < 1.29 is 23.3 Å². The van der Waals surface area contributed by atoms with Crippen molar-refractivity contribution in [1.82, 2.24) is 0 Å². The molecule has 4 N–H and O–H groups in total. The van der Waals surface area contributed by atoms with Crippen molar-refractivity contribution in [2.24, 2.45) is 0 Å². The van der Waals surface area contributed by atoms with Crippen LogP contribution in [0.15, 0.2) is 53.3 Å². The van der Waals surface area contributed by atoms with Gasteiger partial charge in [-0.05, 0) is 24.6 Å². The topological polar surface area (TPSA) is 69.6 Å². The molecule has 126 valence electrons. The minimum absolute atomic E-state index is 0.0738. The van der Waals surface area contributed by atoms with Gasteiger partial charge < -0.3 is 10.7 Å². The van der Waals surface area contributed by atoms with Gasteiger partial charge in [0.25, 0.3) is 0 Å². The Morgan fingerprint density at radius 1 is 1.29 bits per heavy atom. The lowest BCUT2D eigenvalue weighted by Gasteiger charge is -2.20. The van der Waals surface area contributed by atoms with E-state index in [9.17, 15) is 18.0 Å². The van der Waals surface area contributed by atoms with Gasteiger partial charge in [-0.3, -0.25) is 10.1 Å². The summed E-state index contributed by atoms with van der Waals surface area (Å²) in [5.74, 6) is -0.396. The van der Waals surface area contributed by atoms with Gasteiger partial charge in [-0.2, -0.15) is 13.2 Å². The number of thioether (sulfide) groups is 1. The summed E-state index contributed by atoms with van der Waals surface area (Å²) < 4.78 is 38.8. The van der Waals surface area contributed by atoms with Crippen LogP contribution in [-0.2, 0) is 4.79 Å². The Bertz CT molecular complexity index is 756. The van der Waals surface area contributed by atoms with Crippen LogP contribution in [0.1, 0.15) is 6.92 Å². The van der Waals surface area contributed by atoms with Crippen LogP contribution in [0.5, 0.6) is 0 Å². The fourth-order valence-corrected chi connectivity index (χ4v) is 4.17. The third-order valence-corrected chi connectivity index (χ3v) is 5.24. The van der Waals surface area contributed by atoms with Gasteiger partial charge in [-0.25, -0.2) is 0 Å². The van der Waals surface area contributed by atoms with E-state index in [1.165, 1.54) is 0 Å². The molecule has 2 aliphatic rings.